The summed E-state index contributed by atoms with van der Waals surface area (Å²) in [7, 11) is 3.14. The number of anilines is 1. The van der Waals surface area contributed by atoms with Gasteiger partial charge in [0, 0.05) is 16.5 Å². The lowest BCUT2D eigenvalue weighted by atomic mass is 10.1. The molecule has 0 bridgehead atoms. The Kier molecular flexibility index (Phi) is 6.44. The maximum Gasteiger partial charge on any atom is 0.260 e. The van der Waals surface area contributed by atoms with Gasteiger partial charge in [0.05, 0.1) is 31.0 Å². The molecule has 0 spiro atoms. The minimum Gasteiger partial charge on any atom is -0.497 e. The largest absolute Gasteiger partial charge is 0.497 e. The summed E-state index contributed by atoms with van der Waals surface area (Å²) >= 11 is 3.20. The van der Waals surface area contributed by atoms with Crippen LogP contribution in [0.5, 0.6) is 11.5 Å². The number of aromatic nitrogens is 1. The number of hydrogen-bond donors (Lipinski definition) is 0. The van der Waals surface area contributed by atoms with E-state index in [9.17, 15) is 4.79 Å². The smallest absolute Gasteiger partial charge is 0.260 e. The molecule has 0 radical (unpaired) electrons. The number of nitrogens with zero attached hydrogens (tertiary/aromatic N) is 2. The first-order valence-electron chi connectivity index (χ1n) is 9.64. The molecule has 1 amide bonds. The molecule has 0 atom stereocenters. The summed E-state index contributed by atoms with van der Waals surface area (Å²) in [5.74, 6) is 0.970. The van der Waals surface area contributed by atoms with Gasteiger partial charge in [-0.3, -0.25) is 9.69 Å². The van der Waals surface area contributed by atoms with E-state index in [0.717, 1.165) is 15.8 Å². The van der Waals surface area contributed by atoms with Crippen molar-refractivity contribution in [2.24, 2.45) is 0 Å². The quantitative estimate of drug-likeness (QED) is 0.329. The topological polar surface area (TPSA) is 51.7 Å². The third-order valence-corrected chi connectivity index (χ3v) is 6.61. The number of methoxy groups -OCH3 is 2. The zero-order valence-corrected chi connectivity index (χ0v) is 19.1. The molecule has 0 fully saturated rings. The summed E-state index contributed by atoms with van der Waals surface area (Å²) in [6, 6.07) is 21.3. The first-order chi connectivity index (χ1) is 15.1. The molecule has 0 aliphatic rings. The van der Waals surface area contributed by atoms with Crippen molar-refractivity contribution in [1.82, 2.24) is 4.98 Å². The molecule has 31 heavy (non-hydrogen) atoms. The minimum absolute atomic E-state index is 0.162. The van der Waals surface area contributed by atoms with Gasteiger partial charge in [-0.25, -0.2) is 4.98 Å². The summed E-state index contributed by atoms with van der Waals surface area (Å²) in [5, 5.41) is 0.656. The fourth-order valence-corrected chi connectivity index (χ4v) is 4.73. The molecule has 0 aliphatic heterocycles. The summed E-state index contributed by atoms with van der Waals surface area (Å²) in [6.45, 7) is 0.411. The molecule has 0 saturated heterocycles. The fourth-order valence-electron chi connectivity index (χ4n) is 3.21. The monoisotopic (exact) mass is 450 g/mol. The van der Waals surface area contributed by atoms with Gasteiger partial charge in [0.25, 0.3) is 5.91 Å². The van der Waals surface area contributed by atoms with Gasteiger partial charge in [0.15, 0.2) is 5.13 Å². The Bertz CT molecular complexity index is 1190. The van der Waals surface area contributed by atoms with Crippen LogP contribution in [0.1, 0.15) is 15.9 Å². The lowest BCUT2D eigenvalue weighted by molar-refractivity contribution is 0.0984. The average Bonchev–Trinajstić information content (AvgIpc) is 3.25. The van der Waals surface area contributed by atoms with E-state index in [0.29, 0.717) is 28.7 Å². The van der Waals surface area contributed by atoms with Crippen LogP contribution in [0.4, 0.5) is 5.13 Å². The number of thiazole rings is 1. The first kappa shape index (κ1) is 21.2. The van der Waals surface area contributed by atoms with E-state index in [1.165, 1.54) is 16.2 Å². The van der Waals surface area contributed by atoms with Gasteiger partial charge in [-0.1, -0.05) is 41.7 Å². The summed E-state index contributed by atoms with van der Waals surface area (Å²) in [5.41, 5.74) is 2.39. The van der Waals surface area contributed by atoms with Crippen molar-refractivity contribution in [1.29, 1.82) is 0 Å². The van der Waals surface area contributed by atoms with Crippen molar-refractivity contribution < 1.29 is 14.3 Å². The molecular formula is C24H22N2O3S2. The van der Waals surface area contributed by atoms with E-state index in [1.54, 1.807) is 49.1 Å². The Balaban J connectivity index is 1.78. The highest BCUT2D eigenvalue weighted by Gasteiger charge is 2.23. The lowest BCUT2D eigenvalue weighted by Gasteiger charge is -2.21. The second kappa shape index (κ2) is 9.41. The van der Waals surface area contributed by atoms with E-state index in [1.807, 2.05) is 48.7 Å². The Hall–Kier alpha value is -3.03. The van der Waals surface area contributed by atoms with Gasteiger partial charge >= 0.3 is 0 Å². The second-order valence-electron chi connectivity index (χ2n) is 6.81. The van der Waals surface area contributed by atoms with Crippen LogP contribution >= 0.6 is 23.1 Å². The maximum atomic E-state index is 13.7. The first-order valence-corrected chi connectivity index (χ1v) is 11.7. The SMILES string of the molecule is COc1cc(OC)cc(C(=O)N(Cc2ccccc2)c2nc3ccc(SC)cc3s2)c1. The van der Waals surface area contributed by atoms with Gasteiger partial charge < -0.3 is 9.47 Å². The number of amides is 1. The van der Waals surface area contributed by atoms with Crippen molar-refractivity contribution in [2.75, 3.05) is 25.4 Å². The van der Waals surface area contributed by atoms with Crippen molar-refractivity contribution in [3.8, 4) is 11.5 Å². The van der Waals surface area contributed by atoms with Crippen LogP contribution in [0.3, 0.4) is 0 Å². The average molecular weight is 451 g/mol. The van der Waals surface area contributed by atoms with Crippen molar-refractivity contribution >= 4 is 44.4 Å². The molecule has 4 rings (SSSR count). The number of fused-ring (bicyclic) bond motifs is 1. The molecule has 4 aromatic rings. The highest BCUT2D eigenvalue weighted by molar-refractivity contribution is 7.98. The number of carbonyl (C=O) groups is 1. The van der Waals surface area contributed by atoms with Crippen molar-refractivity contribution in [2.45, 2.75) is 11.4 Å². The van der Waals surface area contributed by atoms with E-state index < -0.39 is 0 Å². The van der Waals surface area contributed by atoms with Crippen LogP contribution in [-0.4, -0.2) is 31.4 Å². The maximum absolute atomic E-state index is 13.7. The molecule has 3 aromatic carbocycles. The summed E-state index contributed by atoms with van der Waals surface area (Å²) in [4.78, 5) is 21.3. The second-order valence-corrected chi connectivity index (χ2v) is 8.70. The fraction of sp³-hybridized carbons (Fsp3) is 0.167. The third kappa shape index (κ3) is 4.68. The third-order valence-electron chi connectivity index (χ3n) is 4.84. The van der Waals surface area contributed by atoms with Gasteiger partial charge in [-0.15, -0.1) is 11.8 Å². The summed E-state index contributed by atoms with van der Waals surface area (Å²) < 4.78 is 11.8. The lowest BCUT2D eigenvalue weighted by Crippen LogP contribution is -2.30. The van der Waals surface area contributed by atoms with Crippen LogP contribution < -0.4 is 14.4 Å². The van der Waals surface area contributed by atoms with E-state index in [2.05, 4.69) is 6.07 Å². The Labute approximate surface area is 189 Å². The molecule has 5 nitrogen and oxygen atoms in total. The highest BCUT2D eigenvalue weighted by atomic mass is 32.2. The number of benzene rings is 3. The highest BCUT2D eigenvalue weighted by Crippen LogP contribution is 2.34. The molecule has 7 heteroatoms. The number of thioether (sulfide) groups is 1. The van der Waals surface area contributed by atoms with E-state index >= 15 is 0 Å². The van der Waals surface area contributed by atoms with Crippen molar-refractivity contribution in [3.63, 3.8) is 0 Å². The molecule has 0 saturated carbocycles. The Morgan fingerprint density at radius 2 is 1.71 bits per heavy atom. The normalized spacial score (nSPS) is 10.8. The number of rotatable bonds is 7. The minimum atomic E-state index is -0.162. The van der Waals surface area contributed by atoms with Crippen molar-refractivity contribution in [3.05, 3.63) is 77.9 Å². The van der Waals surface area contributed by atoms with Crippen LogP contribution in [0.2, 0.25) is 0 Å². The van der Waals surface area contributed by atoms with Gasteiger partial charge in [0.1, 0.15) is 11.5 Å². The molecule has 158 valence electrons. The standard InChI is InChI=1S/C24H22N2O3S2/c1-28-18-11-17(12-19(13-18)29-2)23(27)26(15-16-7-5-4-6-8-16)24-25-21-10-9-20(30-3)14-22(21)31-24/h4-14H,15H2,1-3H3. The summed E-state index contributed by atoms with van der Waals surface area (Å²) in [6.07, 6.45) is 2.05. The molecule has 0 aliphatic carbocycles. The van der Waals surface area contributed by atoms with Crippen LogP contribution in [-0.2, 0) is 6.54 Å². The van der Waals surface area contributed by atoms with Gasteiger partial charge in [-0.2, -0.15) is 0 Å². The predicted octanol–water partition coefficient (Wildman–Crippen LogP) is 5.88. The Morgan fingerprint density at radius 1 is 1.00 bits per heavy atom. The number of ether oxygens (including phenoxy) is 2. The molecule has 1 heterocycles. The van der Waals surface area contributed by atoms with E-state index in [-0.39, 0.29) is 5.91 Å². The van der Waals surface area contributed by atoms with E-state index in [4.69, 9.17) is 14.5 Å². The zero-order chi connectivity index (χ0) is 21.8. The van der Waals surface area contributed by atoms with Crippen LogP contribution in [0.15, 0.2) is 71.6 Å². The predicted molar refractivity (Wildman–Crippen MR) is 128 cm³/mol. The Morgan fingerprint density at radius 3 is 2.35 bits per heavy atom. The van der Waals surface area contributed by atoms with Gasteiger partial charge in [0.2, 0.25) is 0 Å². The van der Waals surface area contributed by atoms with Crippen LogP contribution in [0, 0.1) is 0 Å². The zero-order valence-electron chi connectivity index (χ0n) is 17.5. The number of carbonyl (C=O) groups excluding carboxylic acids is 1. The van der Waals surface area contributed by atoms with Gasteiger partial charge in [-0.05, 0) is 42.2 Å². The molecule has 1 aromatic heterocycles. The molecular weight excluding hydrogens is 428 g/mol. The molecule has 0 N–H and O–H groups in total. The van der Waals surface area contributed by atoms with Crippen LogP contribution in [0.25, 0.3) is 10.2 Å². The molecule has 0 unspecified atom stereocenters. The number of hydrogen-bond acceptors (Lipinski definition) is 6.